The lowest BCUT2D eigenvalue weighted by Gasteiger charge is -2.34. The molecule has 0 amide bonds. The van der Waals surface area contributed by atoms with Crippen LogP contribution in [0.5, 0.6) is 0 Å². The van der Waals surface area contributed by atoms with Crippen LogP contribution < -0.4 is 0 Å². The van der Waals surface area contributed by atoms with Crippen molar-refractivity contribution in [2.75, 3.05) is 14.2 Å². The number of hydrogen-bond donors (Lipinski definition) is 1. The third kappa shape index (κ3) is 6.20. The molecule has 4 unspecified atom stereocenters. The van der Waals surface area contributed by atoms with E-state index in [2.05, 4.69) is 44.2 Å². The number of methoxy groups -OCH3 is 2. The average Bonchev–Trinajstić information content (AvgIpc) is 2.71. The summed E-state index contributed by atoms with van der Waals surface area (Å²) in [6.45, 7) is 6.31. The van der Waals surface area contributed by atoms with Crippen molar-refractivity contribution in [3.63, 3.8) is 0 Å². The summed E-state index contributed by atoms with van der Waals surface area (Å²) in [5.41, 5.74) is 2.74. The zero-order chi connectivity index (χ0) is 21.4. The van der Waals surface area contributed by atoms with Gasteiger partial charge in [-0.05, 0) is 44.1 Å². The number of ether oxygens (including phenoxy) is 2. The van der Waals surface area contributed by atoms with Crippen molar-refractivity contribution in [1.82, 2.24) is 0 Å². The highest BCUT2D eigenvalue weighted by Gasteiger charge is 2.42. The summed E-state index contributed by atoms with van der Waals surface area (Å²) in [5, 5.41) is 10.7. The number of aliphatic hydroxyl groups is 1. The molecule has 0 spiro atoms. The van der Waals surface area contributed by atoms with Crippen LogP contribution in [-0.4, -0.2) is 31.2 Å². The fourth-order valence-electron chi connectivity index (χ4n) is 4.17. The minimum atomic E-state index is -0.789. The van der Waals surface area contributed by atoms with Crippen LogP contribution in [0.25, 0.3) is 0 Å². The molecular weight excluding hydrogens is 364 g/mol. The highest BCUT2D eigenvalue weighted by molar-refractivity contribution is 5.97. The van der Waals surface area contributed by atoms with Gasteiger partial charge in [0.1, 0.15) is 6.10 Å². The van der Waals surface area contributed by atoms with E-state index in [4.69, 9.17) is 9.47 Å². The Bertz CT molecular complexity index is 720. The van der Waals surface area contributed by atoms with Gasteiger partial charge < -0.3 is 14.6 Å². The predicted octanol–water partition coefficient (Wildman–Crippen LogP) is 5.07. The summed E-state index contributed by atoms with van der Waals surface area (Å²) in [5.74, 6) is 0.493. The number of hydrogen-bond acceptors (Lipinski definition) is 4. The van der Waals surface area contributed by atoms with Gasteiger partial charge in [-0.1, -0.05) is 62.2 Å². The number of allylic oxidation sites excluding steroid dienone is 3. The molecular formula is C25H36O4. The number of rotatable bonds is 10. The minimum Gasteiger partial charge on any atom is -0.494 e. The quantitative estimate of drug-likeness (QED) is 0.557. The molecule has 0 radical (unpaired) electrons. The fraction of sp³-hybridized carbons (Fsp3) is 0.560. The van der Waals surface area contributed by atoms with E-state index in [0.29, 0.717) is 5.92 Å². The van der Waals surface area contributed by atoms with Gasteiger partial charge in [0.2, 0.25) is 11.5 Å². The molecule has 0 saturated heterocycles. The maximum absolute atomic E-state index is 12.5. The number of carbonyl (C=O) groups is 1. The van der Waals surface area contributed by atoms with E-state index in [1.165, 1.54) is 25.4 Å². The van der Waals surface area contributed by atoms with Crippen molar-refractivity contribution in [2.24, 2.45) is 17.8 Å². The lowest BCUT2D eigenvalue weighted by atomic mass is 9.76. The summed E-state index contributed by atoms with van der Waals surface area (Å²) in [6, 6.07) is 10.5. The van der Waals surface area contributed by atoms with Gasteiger partial charge in [0, 0.05) is 11.8 Å². The number of ketones is 1. The average molecular weight is 401 g/mol. The minimum absolute atomic E-state index is 0.0771. The van der Waals surface area contributed by atoms with Crippen LogP contribution in [0.1, 0.15) is 52.0 Å². The second-order valence-electron chi connectivity index (χ2n) is 8.34. The molecule has 1 N–H and O–H groups in total. The Balaban J connectivity index is 1.84. The van der Waals surface area contributed by atoms with Crippen LogP contribution in [0.15, 0.2) is 53.5 Å². The van der Waals surface area contributed by atoms with E-state index in [0.717, 1.165) is 32.1 Å². The molecule has 0 saturated carbocycles. The van der Waals surface area contributed by atoms with Crippen molar-refractivity contribution in [1.29, 1.82) is 0 Å². The molecule has 0 bridgehead atoms. The van der Waals surface area contributed by atoms with Crippen molar-refractivity contribution >= 4 is 5.78 Å². The molecule has 1 aromatic rings. The maximum Gasteiger partial charge on any atom is 0.204 e. The van der Waals surface area contributed by atoms with Crippen LogP contribution >= 0.6 is 0 Å². The van der Waals surface area contributed by atoms with Gasteiger partial charge >= 0.3 is 0 Å². The lowest BCUT2D eigenvalue weighted by Crippen LogP contribution is -2.40. The standard InChI is InChI=1S/C25H36O4/c1-17(10-9-11-18(2)16-20-12-7-6-8-13-20)14-15-21-19(3)22(26)24(28-4)25(29-5)23(21)27/h6-8,11-13,17,19,21,23,27H,9-10,14-16H2,1-5H3. The van der Waals surface area contributed by atoms with Gasteiger partial charge in [0.15, 0.2) is 5.76 Å². The second-order valence-corrected chi connectivity index (χ2v) is 8.34. The molecule has 4 heteroatoms. The zero-order valence-corrected chi connectivity index (χ0v) is 18.5. The first-order valence-corrected chi connectivity index (χ1v) is 10.6. The Labute approximate surface area is 175 Å². The Morgan fingerprint density at radius 2 is 1.86 bits per heavy atom. The summed E-state index contributed by atoms with van der Waals surface area (Å²) in [4.78, 5) is 12.5. The molecule has 1 aromatic carbocycles. The van der Waals surface area contributed by atoms with E-state index in [9.17, 15) is 9.90 Å². The number of benzene rings is 1. The van der Waals surface area contributed by atoms with Crippen molar-refractivity contribution in [2.45, 2.75) is 59.0 Å². The normalized spacial score (nSPS) is 23.9. The molecule has 4 nitrogen and oxygen atoms in total. The van der Waals surface area contributed by atoms with Gasteiger partial charge in [-0.2, -0.15) is 0 Å². The van der Waals surface area contributed by atoms with E-state index in [-0.39, 0.29) is 29.1 Å². The van der Waals surface area contributed by atoms with Crippen molar-refractivity contribution in [3.8, 4) is 0 Å². The zero-order valence-electron chi connectivity index (χ0n) is 18.5. The first kappa shape index (κ1) is 23.2. The maximum atomic E-state index is 12.5. The second kappa shape index (κ2) is 11.2. The van der Waals surface area contributed by atoms with Crippen LogP contribution in [0, 0.1) is 17.8 Å². The van der Waals surface area contributed by atoms with E-state index < -0.39 is 6.10 Å². The molecule has 29 heavy (non-hydrogen) atoms. The summed E-state index contributed by atoms with van der Waals surface area (Å²) in [7, 11) is 2.92. The van der Waals surface area contributed by atoms with E-state index >= 15 is 0 Å². The molecule has 0 fully saturated rings. The van der Waals surface area contributed by atoms with E-state index in [1.807, 2.05) is 13.0 Å². The predicted molar refractivity (Wildman–Crippen MR) is 116 cm³/mol. The van der Waals surface area contributed by atoms with Gasteiger partial charge in [0.05, 0.1) is 14.2 Å². The van der Waals surface area contributed by atoms with Crippen LogP contribution in [0.4, 0.5) is 0 Å². The smallest absolute Gasteiger partial charge is 0.204 e. The van der Waals surface area contributed by atoms with Crippen molar-refractivity contribution < 1.29 is 19.4 Å². The summed E-state index contributed by atoms with van der Waals surface area (Å²) in [6.07, 6.45) is 6.48. The highest BCUT2D eigenvalue weighted by Crippen LogP contribution is 2.36. The molecule has 0 aromatic heterocycles. The first-order chi connectivity index (χ1) is 13.9. The molecule has 0 aliphatic heterocycles. The molecule has 2 rings (SSSR count). The Morgan fingerprint density at radius 1 is 1.17 bits per heavy atom. The molecule has 0 heterocycles. The summed E-state index contributed by atoms with van der Waals surface area (Å²) < 4.78 is 10.5. The molecule has 1 aliphatic rings. The summed E-state index contributed by atoms with van der Waals surface area (Å²) >= 11 is 0. The Kier molecular flexibility index (Phi) is 8.97. The highest BCUT2D eigenvalue weighted by atomic mass is 16.5. The SMILES string of the molecule is COC1=C(OC)C(O)C(CCC(C)CCC=C(C)Cc2ccccc2)C(C)C1=O. The van der Waals surface area contributed by atoms with Crippen LogP contribution in [-0.2, 0) is 20.7 Å². The van der Waals surface area contributed by atoms with Crippen molar-refractivity contribution in [3.05, 3.63) is 59.1 Å². The van der Waals surface area contributed by atoms with E-state index in [1.54, 1.807) is 0 Å². The Morgan fingerprint density at radius 3 is 2.48 bits per heavy atom. The monoisotopic (exact) mass is 400 g/mol. The topological polar surface area (TPSA) is 55.8 Å². The third-order valence-electron chi connectivity index (χ3n) is 6.07. The molecule has 160 valence electrons. The first-order valence-electron chi connectivity index (χ1n) is 10.6. The molecule has 1 aliphatic carbocycles. The fourth-order valence-corrected chi connectivity index (χ4v) is 4.17. The van der Waals surface area contributed by atoms with Gasteiger partial charge in [0.25, 0.3) is 0 Å². The van der Waals surface area contributed by atoms with Gasteiger partial charge in [-0.25, -0.2) is 0 Å². The third-order valence-corrected chi connectivity index (χ3v) is 6.07. The number of aliphatic hydroxyl groups excluding tert-OH is 1. The van der Waals surface area contributed by atoms with Gasteiger partial charge in [-0.3, -0.25) is 4.79 Å². The number of Topliss-reactive ketones (excluding diaryl/α,β-unsaturated/α-hetero) is 1. The number of carbonyl (C=O) groups excluding carboxylic acids is 1. The molecule has 4 atom stereocenters. The van der Waals surface area contributed by atoms with Gasteiger partial charge in [-0.15, -0.1) is 0 Å². The van der Waals surface area contributed by atoms with Crippen LogP contribution in [0.3, 0.4) is 0 Å². The lowest BCUT2D eigenvalue weighted by molar-refractivity contribution is -0.128. The van der Waals surface area contributed by atoms with Crippen LogP contribution in [0.2, 0.25) is 0 Å². The Hall–Kier alpha value is -2.07. The largest absolute Gasteiger partial charge is 0.494 e.